The lowest BCUT2D eigenvalue weighted by Crippen LogP contribution is -2.28. The number of hydrogen-bond donors (Lipinski definition) is 1. The molecule has 2 aromatic carbocycles. The molecule has 6 nitrogen and oxygen atoms in total. The number of carbonyl (C=O) groups is 1. The molecule has 0 spiro atoms. The van der Waals surface area contributed by atoms with Gasteiger partial charge in [-0.25, -0.2) is 8.42 Å². The molecule has 1 saturated heterocycles. The highest BCUT2D eigenvalue weighted by molar-refractivity contribution is 7.92. The average molecular weight is 436 g/mol. The Labute approximate surface area is 177 Å². The molecule has 1 aliphatic heterocycles. The molecule has 29 heavy (non-hydrogen) atoms. The third-order valence-electron chi connectivity index (χ3n) is 5.27. The Kier molecular flexibility index (Phi) is 6.39. The summed E-state index contributed by atoms with van der Waals surface area (Å²) in [5.41, 5.74) is 2.80. The summed E-state index contributed by atoms with van der Waals surface area (Å²) in [7, 11) is -2.00. The number of carbonyl (C=O) groups excluding carboxylic acids is 1. The van der Waals surface area contributed by atoms with E-state index >= 15 is 0 Å². The zero-order valence-electron chi connectivity index (χ0n) is 16.9. The van der Waals surface area contributed by atoms with Crippen molar-refractivity contribution in [1.29, 1.82) is 0 Å². The number of hydrogen-bond acceptors (Lipinski definition) is 4. The summed E-state index contributed by atoms with van der Waals surface area (Å²) in [5, 5.41) is 3.21. The molecule has 0 radical (unpaired) electrons. The van der Waals surface area contributed by atoms with Crippen LogP contribution in [-0.2, 0) is 10.0 Å². The second-order valence-electron chi connectivity index (χ2n) is 7.38. The molecule has 1 N–H and O–H groups in total. The second-order valence-corrected chi connectivity index (χ2v) is 9.80. The second kappa shape index (κ2) is 8.63. The van der Waals surface area contributed by atoms with Crippen molar-refractivity contribution in [3.63, 3.8) is 0 Å². The topological polar surface area (TPSA) is 69.7 Å². The molecule has 3 rings (SSSR count). The van der Waals surface area contributed by atoms with Crippen LogP contribution in [0.3, 0.4) is 0 Å². The molecule has 0 saturated carbocycles. The van der Waals surface area contributed by atoms with Crippen LogP contribution in [0.4, 0.5) is 11.4 Å². The van der Waals surface area contributed by atoms with Crippen LogP contribution in [-0.4, -0.2) is 40.7 Å². The zero-order valence-corrected chi connectivity index (χ0v) is 18.4. The maximum absolute atomic E-state index is 12.8. The lowest BCUT2D eigenvalue weighted by atomic mass is 10.1. The fraction of sp³-hybridized carbons (Fsp3) is 0.381. The van der Waals surface area contributed by atoms with E-state index < -0.39 is 10.0 Å². The van der Waals surface area contributed by atoms with Crippen LogP contribution in [0.2, 0.25) is 5.02 Å². The highest BCUT2D eigenvalue weighted by Gasteiger charge is 2.19. The van der Waals surface area contributed by atoms with Gasteiger partial charge in [0.15, 0.2) is 0 Å². The van der Waals surface area contributed by atoms with Gasteiger partial charge in [0, 0.05) is 25.8 Å². The van der Waals surface area contributed by atoms with Crippen molar-refractivity contribution >= 4 is 38.9 Å². The molecular formula is C21H26ClN3O3S. The molecule has 8 heteroatoms. The van der Waals surface area contributed by atoms with Gasteiger partial charge < -0.3 is 10.2 Å². The highest BCUT2D eigenvalue weighted by atomic mass is 35.5. The molecule has 1 amide bonds. The number of nitrogens with zero attached hydrogens (tertiary/aromatic N) is 2. The largest absolute Gasteiger partial charge is 0.372 e. The van der Waals surface area contributed by atoms with Gasteiger partial charge in [0.2, 0.25) is 10.0 Å². The lowest BCUT2D eigenvalue weighted by Gasteiger charge is -2.20. The minimum atomic E-state index is -3.43. The molecule has 0 bridgehead atoms. The Morgan fingerprint density at radius 3 is 2.34 bits per heavy atom. The molecule has 1 atom stereocenters. The van der Waals surface area contributed by atoms with Crippen LogP contribution in [0.1, 0.15) is 41.7 Å². The number of halogens is 1. The van der Waals surface area contributed by atoms with Gasteiger partial charge in [-0.05, 0) is 55.7 Å². The Balaban J connectivity index is 1.74. The zero-order chi connectivity index (χ0) is 21.2. The van der Waals surface area contributed by atoms with Crippen LogP contribution in [0.15, 0.2) is 42.5 Å². The van der Waals surface area contributed by atoms with Crippen LogP contribution in [0.5, 0.6) is 0 Å². The Morgan fingerprint density at radius 1 is 1.14 bits per heavy atom. The third-order valence-corrected chi connectivity index (χ3v) is 6.80. The predicted molar refractivity (Wildman–Crippen MR) is 118 cm³/mol. The fourth-order valence-corrected chi connectivity index (χ4v) is 4.08. The first kappa shape index (κ1) is 21.5. The summed E-state index contributed by atoms with van der Waals surface area (Å²) in [6, 6.07) is 12.6. The van der Waals surface area contributed by atoms with Gasteiger partial charge >= 0.3 is 0 Å². The molecule has 1 aliphatic rings. The van der Waals surface area contributed by atoms with Crippen molar-refractivity contribution < 1.29 is 13.2 Å². The van der Waals surface area contributed by atoms with Gasteiger partial charge in [0.1, 0.15) is 0 Å². The summed E-state index contributed by atoms with van der Waals surface area (Å²) in [6.45, 7) is 4.08. The summed E-state index contributed by atoms with van der Waals surface area (Å²) in [5.74, 6) is -0.352. The fourth-order valence-electron chi connectivity index (χ4n) is 3.38. The van der Waals surface area contributed by atoms with Gasteiger partial charge in [-0.15, -0.1) is 0 Å². The summed E-state index contributed by atoms with van der Waals surface area (Å²) >= 11 is 6.20. The normalized spacial score (nSPS) is 15.2. The van der Waals surface area contributed by atoms with Crippen molar-refractivity contribution in [2.75, 3.05) is 35.6 Å². The molecule has 1 heterocycles. The van der Waals surface area contributed by atoms with Gasteiger partial charge in [0.25, 0.3) is 5.91 Å². The maximum Gasteiger partial charge on any atom is 0.253 e. The van der Waals surface area contributed by atoms with E-state index in [0.29, 0.717) is 5.69 Å². The van der Waals surface area contributed by atoms with Gasteiger partial charge in [-0.3, -0.25) is 9.10 Å². The molecule has 2 aromatic rings. The number of anilines is 2. The van der Waals surface area contributed by atoms with E-state index in [4.69, 9.17) is 11.6 Å². The first-order valence-corrected chi connectivity index (χ1v) is 11.8. The Hall–Kier alpha value is -2.25. The summed E-state index contributed by atoms with van der Waals surface area (Å²) in [6.07, 6.45) is 3.56. The number of benzene rings is 2. The van der Waals surface area contributed by atoms with Gasteiger partial charge in [-0.1, -0.05) is 23.7 Å². The van der Waals surface area contributed by atoms with Crippen molar-refractivity contribution in [1.82, 2.24) is 5.32 Å². The van der Waals surface area contributed by atoms with Gasteiger partial charge in [-0.2, -0.15) is 0 Å². The van der Waals surface area contributed by atoms with Crippen LogP contribution in [0.25, 0.3) is 0 Å². The maximum atomic E-state index is 12.8. The van der Waals surface area contributed by atoms with Crippen molar-refractivity contribution in [3.8, 4) is 0 Å². The van der Waals surface area contributed by atoms with Crippen molar-refractivity contribution in [2.24, 2.45) is 0 Å². The first-order chi connectivity index (χ1) is 13.7. The molecule has 0 aliphatic carbocycles. The monoisotopic (exact) mass is 435 g/mol. The minimum absolute atomic E-state index is 0.220. The molecular weight excluding hydrogens is 410 g/mol. The standard InChI is InChI=1S/C21H26ClN3O3S/c1-15(16-6-8-17(9-7-16)25-12-4-5-13-25)23-21(26)19-14-18(10-11-20(19)22)24(2)29(3,27)28/h6-11,14-15H,4-5,12-13H2,1-3H3,(H,23,26)/t15-/m0/s1. The van der Waals surface area contributed by atoms with E-state index in [2.05, 4.69) is 22.3 Å². The average Bonchev–Trinajstić information content (AvgIpc) is 3.22. The van der Waals surface area contributed by atoms with Gasteiger partial charge in [0.05, 0.1) is 28.6 Å². The van der Waals surface area contributed by atoms with E-state index in [9.17, 15) is 13.2 Å². The van der Waals surface area contributed by atoms with Crippen LogP contribution < -0.4 is 14.5 Å². The summed E-state index contributed by atoms with van der Waals surface area (Å²) in [4.78, 5) is 15.1. The summed E-state index contributed by atoms with van der Waals surface area (Å²) < 4.78 is 24.7. The number of sulfonamides is 1. The van der Waals surface area contributed by atoms with E-state index in [1.54, 1.807) is 6.07 Å². The number of rotatable bonds is 6. The van der Waals surface area contributed by atoms with Crippen molar-refractivity contribution in [3.05, 3.63) is 58.6 Å². The highest BCUT2D eigenvalue weighted by Crippen LogP contribution is 2.26. The van der Waals surface area contributed by atoms with Crippen LogP contribution in [0, 0.1) is 0 Å². The molecule has 0 unspecified atom stereocenters. The lowest BCUT2D eigenvalue weighted by molar-refractivity contribution is 0.0940. The SMILES string of the molecule is C[C@H](NC(=O)c1cc(N(C)S(C)(=O)=O)ccc1Cl)c1ccc(N2CCCC2)cc1. The predicted octanol–water partition coefficient (Wildman–Crippen LogP) is 3.83. The molecule has 0 aromatic heterocycles. The van der Waals surface area contributed by atoms with E-state index in [-0.39, 0.29) is 22.5 Å². The van der Waals surface area contributed by atoms with Crippen molar-refractivity contribution in [2.45, 2.75) is 25.8 Å². The van der Waals surface area contributed by atoms with E-state index in [1.165, 1.54) is 37.7 Å². The quantitative estimate of drug-likeness (QED) is 0.748. The minimum Gasteiger partial charge on any atom is -0.372 e. The Morgan fingerprint density at radius 2 is 1.76 bits per heavy atom. The number of nitrogens with one attached hydrogen (secondary N) is 1. The van der Waals surface area contributed by atoms with Crippen LogP contribution >= 0.6 is 11.6 Å². The smallest absolute Gasteiger partial charge is 0.253 e. The first-order valence-electron chi connectivity index (χ1n) is 9.56. The third kappa shape index (κ3) is 5.03. The van der Waals surface area contributed by atoms with E-state index in [0.717, 1.165) is 29.2 Å². The Bertz CT molecular complexity index is 987. The number of amides is 1. The molecule has 156 valence electrons. The van der Waals surface area contributed by atoms with E-state index in [1.807, 2.05) is 19.1 Å². The molecule has 1 fully saturated rings.